The van der Waals surface area contributed by atoms with Gasteiger partial charge in [-0.1, -0.05) is 80.6 Å². The molecule has 3 heteroatoms. The van der Waals surface area contributed by atoms with Gasteiger partial charge in [0.25, 0.3) is 0 Å². The molecule has 0 aliphatic heterocycles. The smallest absolute Gasteiger partial charge is 0.0998 e. The Morgan fingerprint density at radius 2 is 1.24 bits per heavy atom. The first-order chi connectivity index (χ1) is 18.5. The van der Waals surface area contributed by atoms with Crippen LogP contribution in [0.15, 0.2) is 103 Å². The average molecular weight is 486 g/mol. The monoisotopic (exact) mass is 485 g/mol. The highest BCUT2D eigenvalue weighted by molar-refractivity contribution is 6.16. The van der Waals surface area contributed by atoms with E-state index in [9.17, 15) is 10.5 Å². The molecular formula is C35H23N3. The van der Waals surface area contributed by atoms with Crippen LogP contribution in [0.2, 0.25) is 0 Å². The minimum absolute atomic E-state index is 0.0485. The number of para-hydroxylation sites is 1. The van der Waals surface area contributed by atoms with E-state index in [4.69, 9.17) is 0 Å². The first-order valence-corrected chi connectivity index (χ1v) is 12.7. The zero-order chi connectivity index (χ0) is 26.0. The van der Waals surface area contributed by atoms with Crippen molar-refractivity contribution >= 4 is 21.8 Å². The van der Waals surface area contributed by atoms with E-state index in [1.165, 1.54) is 22.3 Å². The summed E-state index contributed by atoms with van der Waals surface area (Å²) < 4.78 is 2.31. The Morgan fingerprint density at radius 1 is 0.605 bits per heavy atom. The van der Waals surface area contributed by atoms with E-state index in [-0.39, 0.29) is 5.41 Å². The molecule has 0 fully saturated rings. The van der Waals surface area contributed by atoms with Gasteiger partial charge in [-0.2, -0.15) is 10.5 Å². The molecular weight excluding hydrogens is 462 g/mol. The van der Waals surface area contributed by atoms with Gasteiger partial charge in [0.15, 0.2) is 0 Å². The van der Waals surface area contributed by atoms with E-state index < -0.39 is 0 Å². The molecule has 1 heterocycles. The van der Waals surface area contributed by atoms with E-state index in [0.717, 1.165) is 33.1 Å². The van der Waals surface area contributed by atoms with Crippen molar-refractivity contribution in [2.24, 2.45) is 0 Å². The van der Waals surface area contributed by atoms with Crippen LogP contribution in [-0.2, 0) is 5.41 Å². The molecule has 0 spiro atoms. The molecule has 38 heavy (non-hydrogen) atoms. The van der Waals surface area contributed by atoms with Crippen molar-refractivity contribution in [3.8, 4) is 40.1 Å². The van der Waals surface area contributed by atoms with Crippen molar-refractivity contribution in [2.45, 2.75) is 19.3 Å². The molecule has 5 aromatic carbocycles. The van der Waals surface area contributed by atoms with Gasteiger partial charge in [0.05, 0.1) is 34.3 Å². The molecule has 178 valence electrons. The number of benzene rings is 5. The summed E-state index contributed by atoms with van der Waals surface area (Å²) in [7, 11) is 0. The van der Waals surface area contributed by atoms with Crippen LogP contribution < -0.4 is 0 Å². The normalized spacial score (nSPS) is 13.2. The summed E-state index contributed by atoms with van der Waals surface area (Å²) in [6.45, 7) is 4.59. The fraction of sp³-hybridized carbons (Fsp3) is 0.0857. The van der Waals surface area contributed by atoms with E-state index in [1.54, 1.807) is 18.2 Å². The Hall–Kier alpha value is -5.12. The predicted octanol–water partition coefficient (Wildman–Crippen LogP) is 8.50. The maximum atomic E-state index is 9.92. The summed E-state index contributed by atoms with van der Waals surface area (Å²) in [6.07, 6.45) is 0. The van der Waals surface area contributed by atoms with Crippen molar-refractivity contribution in [1.29, 1.82) is 10.5 Å². The topological polar surface area (TPSA) is 52.5 Å². The molecule has 1 aliphatic carbocycles. The summed E-state index contributed by atoms with van der Waals surface area (Å²) in [5.41, 5.74) is 11.0. The lowest BCUT2D eigenvalue weighted by atomic mass is 9.82. The Labute approximate surface area is 221 Å². The Bertz CT molecular complexity index is 1990. The molecule has 0 atom stereocenters. The average Bonchev–Trinajstić information content (AvgIpc) is 3.41. The minimum atomic E-state index is -0.0485. The Morgan fingerprint density at radius 3 is 2.03 bits per heavy atom. The van der Waals surface area contributed by atoms with E-state index in [2.05, 4.69) is 97.3 Å². The molecule has 0 unspecified atom stereocenters. The molecule has 0 amide bonds. The highest BCUT2D eigenvalue weighted by atomic mass is 15.0. The van der Waals surface area contributed by atoms with Gasteiger partial charge in [0.2, 0.25) is 0 Å². The lowest BCUT2D eigenvalue weighted by Crippen LogP contribution is -2.14. The van der Waals surface area contributed by atoms with Crippen molar-refractivity contribution < 1.29 is 0 Å². The first-order valence-electron chi connectivity index (χ1n) is 12.7. The van der Waals surface area contributed by atoms with Crippen LogP contribution in [-0.4, -0.2) is 4.57 Å². The third-order valence-corrected chi connectivity index (χ3v) is 8.10. The number of rotatable bonds is 2. The Kier molecular flexibility index (Phi) is 4.62. The predicted molar refractivity (Wildman–Crippen MR) is 153 cm³/mol. The molecule has 1 aromatic heterocycles. The number of hydrogen-bond acceptors (Lipinski definition) is 2. The van der Waals surface area contributed by atoms with Crippen LogP contribution in [0.5, 0.6) is 0 Å². The molecule has 3 nitrogen and oxygen atoms in total. The van der Waals surface area contributed by atoms with Gasteiger partial charge in [-0.05, 0) is 64.2 Å². The van der Waals surface area contributed by atoms with Gasteiger partial charge >= 0.3 is 0 Å². The van der Waals surface area contributed by atoms with Gasteiger partial charge in [0.1, 0.15) is 0 Å². The highest BCUT2D eigenvalue weighted by Crippen LogP contribution is 2.49. The number of aromatic nitrogens is 1. The maximum absolute atomic E-state index is 9.92. The Balaban J connectivity index is 1.57. The number of hydrogen-bond donors (Lipinski definition) is 0. The second kappa shape index (κ2) is 7.94. The van der Waals surface area contributed by atoms with Crippen LogP contribution in [0.1, 0.15) is 36.1 Å². The lowest BCUT2D eigenvalue weighted by molar-refractivity contribution is 0.660. The van der Waals surface area contributed by atoms with Crippen molar-refractivity contribution in [1.82, 2.24) is 4.57 Å². The van der Waals surface area contributed by atoms with Crippen LogP contribution >= 0.6 is 0 Å². The standard InChI is InChI=1S/C35H23N3/c1-35(2)29-14-5-3-11-25(29)28-19-24(17-18-30(28)35)38-31-15-6-4-12-26(31)34-27(13-8-16-32(34)38)33-22(20-36)9-7-10-23(33)21-37/h3-19H,1-2H3. The van der Waals surface area contributed by atoms with E-state index in [1.807, 2.05) is 18.2 Å². The second-order valence-corrected chi connectivity index (χ2v) is 10.4. The molecule has 6 aromatic rings. The van der Waals surface area contributed by atoms with Gasteiger partial charge in [-0.25, -0.2) is 0 Å². The number of nitrogens with zero attached hydrogens (tertiary/aromatic N) is 3. The molecule has 7 rings (SSSR count). The number of nitriles is 2. The van der Waals surface area contributed by atoms with Gasteiger partial charge in [-0.3, -0.25) is 0 Å². The molecule has 0 saturated heterocycles. The molecule has 0 bridgehead atoms. The third-order valence-electron chi connectivity index (χ3n) is 8.10. The van der Waals surface area contributed by atoms with Crippen molar-refractivity contribution in [3.05, 3.63) is 125 Å². The fourth-order valence-electron chi connectivity index (χ4n) is 6.38. The van der Waals surface area contributed by atoms with E-state index in [0.29, 0.717) is 16.7 Å². The quantitative estimate of drug-likeness (QED) is 0.247. The third kappa shape index (κ3) is 2.88. The highest BCUT2D eigenvalue weighted by Gasteiger charge is 2.35. The number of fused-ring (bicyclic) bond motifs is 6. The largest absolute Gasteiger partial charge is 0.309 e. The summed E-state index contributed by atoms with van der Waals surface area (Å²) in [6, 6.07) is 40.0. The van der Waals surface area contributed by atoms with Crippen LogP contribution in [0.4, 0.5) is 0 Å². The van der Waals surface area contributed by atoms with Gasteiger partial charge in [0, 0.05) is 27.4 Å². The summed E-state index contributed by atoms with van der Waals surface area (Å²) in [5, 5.41) is 22.0. The van der Waals surface area contributed by atoms with Crippen LogP contribution in [0.25, 0.3) is 49.7 Å². The molecule has 0 saturated carbocycles. The van der Waals surface area contributed by atoms with Crippen LogP contribution in [0, 0.1) is 22.7 Å². The lowest BCUT2D eigenvalue weighted by Gasteiger charge is -2.21. The molecule has 0 radical (unpaired) electrons. The van der Waals surface area contributed by atoms with Gasteiger partial charge in [-0.15, -0.1) is 0 Å². The zero-order valence-electron chi connectivity index (χ0n) is 21.2. The zero-order valence-corrected chi connectivity index (χ0v) is 21.2. The summed E-state index contributed by atoms with van der Waals surface area (Å²) in [5.74, 6) is 0. The SMILES string of the molecule is CC1(C)c2ccccc2-c2cc(-n3c4ccccc4c4c(-c5c(C#N)cccc5C#N)cccc43)ccc21. The molecule has 1 aliphatic rings. The van der Waals surface area contributed by atoms with Crippen molar-refractivity contribution in [2.75, 3.05) is 0 Å². The summed E-state index contributed by atoms with van der Waals surface area (Å²) in [4.78, 5) is 0. The maximum Gasteiger partial charge on any atom is 0.0998 e. The van der Waals surface area contributed by atoms with E-state index >= 15 is 0 Å². The minimum Gasteiger partial charge on any atom is -0.309 e. The van der Waals surface area contributed by atoms with Crippen molar-refractivity contribution in [3.63, 3.8) is 0 Å². The van der Waals surface area contributed by atoms with Crippen LogP contribution in [0.3, 0.4) is 0 Å². The van der Waals surface area contributed by atoms with Gasteiger partial charge < -0.3 is 4.57 Å². The fourth-order valence-corrected chi connectivity index (χ4v) is 6.38. The molecule has 0 N–H and O–H groups in total. The second-order valence-electron chi connectivity index (χ2n) is 10.4. The first kappa shape index (κ1) is 22.1. The summed E-state index contributed by atoms with van der Waals surface area (Å²) >= 11 is 0.